The monoisotopic (exact) mass is 441 g/mol. The summed E-state index contributed by atoms with van der Waals surface area (Å²) in [5, 5.41) is 3.35. The summed E-state index contributed by atoms with van der Waals surface area (Å²) >= 11 is 1.40. The second-order valence-electron chi connectivity index (χ2n) is 8.05. The lowest BCUT2D eigenvalue weighted by Crippen LogP contribution is -2.35. The van der Waals surface area contributed by atoms with E-state index >= 15 is 0 Å². The molecule has 0 bridgehead atoms. The van der Waals surface area contributed by atoms with Crippen molar-refractivity contribution in [3.63, 3.8) is 0 Å². The molecule has 4 rings (SSSR count). The number of ether oxygens (including phenoxy) is 2. The van der Waals surface area contributed by atoms with Gasteiger partial charge in [-0.15, -0.1) is 13.2 Å². The zero-order valence-corrected chi connectivity index (χ0v) is 17.6. The first-order valence-corrected chi connectivity index (χ1v) is 10.5. The third-order valence-electron chi connectivity index (χ3n) is 5.20. The van der Waals surface area contributed by atoms with E-state index in [-0.39, 0.29) is 28.2 Å². The van der Waals surface area contributed by atoms with Gasteiger partial charge in [-0.1, -0.05) is 23.9 Å². The molecule has 2 aromatic rings. The Labute approximate surface area is 175 Å². The summed E-state index contributed by atoms with van der Waals surface area (Å²) in [7, 11) is 0. The lowest BCUT2D eigenvalue weighted by molar-refractivity contribution is -0.274. The van der Waals surface area contributed by atoms with Gasteiger partial charge in [0.2, 0.25) is 0 Å². The molecule has 2 aliphatic rings. The summed E-state index contributed by atoms with van der Waals surface area (Å²) in [5.41, 5.74) is 0.686. The van der Waals surface area contributed by atoms with E-state index in [1.165, 1.54) is 23.9 Å². The number of thioether (sulfide) groups is 1. The SMILES string of the molecule is CC1=Nc2c(c(=O)[nH]n2[C@@H]2CCOC(C)(C)C2)[C@H](c2ccc(OC(F)(F)F)cc2)S1. The van der Waals surface area contributed by atoms with Gasteiger partial charge in [0.25, 0.3) is 5.56 Å². The molecule has 1 N–H and O–H groups in total. The van der Waals surface area contributed by atoms with E-state index in [0.29, 0.717) is 23.6 Å². The van der Waals surface area contributed by atoms with Crippen molar-refractivity contribution in [2.75, 3.05) is 6.61 Å². The standard InChI is InChI=1S/C20H22F3N3O3S/c1-11-24-17-15(18(27)25-26(17)13-8-9-28-19(2,3)10-13)16(30-11)12-4-6-14(7-5-12)29-20(21,22)23/h4-7,13,16H,8-10H2,1-3H3,(H,25,27)/t13-,16+/m1/s1. The third-order valence-corrected chi connectivity index (χ3v) is 6.38. The van der Waals surface area contributed by atoms with Gasteiger partial charge in [-0.05, 0) is 51.3 Å². The fourth-order valence-corrected chi connectivity index (χ4v) is 5.08. The van der Waals surface area contributed by atoms with Crippen LogP contribution in [0.3, 0.4) is 0 Å². The summed E-state index contributed by atoms with van der Waals surface area (Å²) in [6.07, 6.45) is -3.25. The highest BCUT2D eigenvalue weighted by molar-refractivity contribution is 8.14. The molecule has 0 saturated carbocycles. The maximum absolute atomic E-state index is 12.9. The van der Waals surface area contributed by atoms with Crippen molar-refractivity contribution in [3.05, 3.63) is 45.7 Å². The number of aromatic amines is 1. The molecule has 0 unspecified atom stereocenters. The van der Waals surface area contributed by atoms with Crippen molar-refractivity contribution in [1.29, 1.82) is 0 Å². The summed E-state index contributed by atoms with van der Waals surface area (Å²) in [5.74, 6) is 0.285. The number of hydrogen-bond donors (Lipinski definition) is 1. The van der Waals surface area contributed by atoms with Gasteiger partial charge in [0.05, 0.1) is 27.5 Å². The average Bonchev–Trinajstić information content (AvgIpc) is 2.96. The Morgan fingerprint density at radius 1 is 1.30 bits per heavy atom. The Morgan fingerprint density at radius 3 is 2.63 bits per heavy atom. The van der Waals surface area contributed by atoms with Gasteiger partial charge in [0.15, 0.2) is 5.82 Å². The first-order chi connectivity index (χ1) is 14.0. The van der Waals surface area contributed by atoms with Gasteiger partial charge in [-0.25, -0.2) is 4.99 Å². The fraction of sp³-hybridized carbons (Fsp3) is 0.500. The molecule has 10 heteroatoms. The fourth-order valence-electron chi connectivity index (χ4n) is 3.97. The number of halogens is 3. The lowest BCUT2D eigenvalue weighted by Gasteiger charge is -2.36. The first-order valence-electron chi connectivity index (χ1n) is 9.58. The lowest BCUT2D eigenvalue weighted by atomic mass is 9.94. The number of aromatic nitrogens is 2. The number of alkyl halides is 3. The molecule has 1 aromatic heterocycles. The molecule has 0 aliphatic carbocycles. The number of H-pyrrole nitrogens is 1. The number of nitrogens with zero attached hydrogens (tertiary/aromatic N) is 2. The number of aliphatic imine (C=N–C) groups is 1. The molecule has 1 saturated heterocycles. The van der Waals surface area contributed by atoms with Crippen LogP contribution in [-0.2, 0) is 4.74 Å². The van der Waals surface area contributed by atoms with Gasteiger partial charge in [0.1, 0.15) is 5.75 Å². The van der Waals surface area contributed by atoms with Crippen LogP contribution in [0.15, 0.2) is 34.1 Å². The van der Waals surface area contributed by atoms with Crippen LogP contribution in [0.4, 0.5) is 19.0 Å². The summed E-state index contributed by atoms with van der Waals surface area (Å²) in [6, 6.07) is 5.67. The van der Waals surface area contributed by atoms with Crippen molar-refractivity contribution in [1.82, 2.24) is 9.78 Å². The van der Waals surface area contributed by atoms with Gasteiger partial charge >= 0.3 is 6.36 Å². The minimum absolute atomic E-state index is 0.0491. The van der Waals surface area contributed by atoms with E-state index < -0.39 is 6.36 Å². The maximum atomic E-state index is 12.9. The molecule has 6 nitrogen and oxygen atoms in total. The highest BCUT2D eigenvalue weighted by atomic mass is 32.2. The first kappa shape index (κ1) is 21.0. The van der Waals surface area contributed by atoms with Crippen molar-refractivity contribution in [2.45, 2.75) is 56.9 Å². The zero-order valence-electron chi connectivity index (χ0n) is 16.7. The number of nitrogens with one attached hydrogen (secondary N) is 1. The molecule has 1 aromatic carbocycles. The van der Waals surface area contributed by atoms with Crippen molar-refractivity contribution in [2.24, 2.45) is 4.99 Å². The summed E-state index contributed by atoms with van der Waals surface area (Å²) < 4.78 is 48.9. The van der Waals surface area contributed by atoms with Crippen molar-refractivity contribution in [3.8, 4) is 5.75 Å². The third kappa shape index (κ3) is 4.29. The van der Waals surface area contributed by atoms with Crippen LogP contribution in [-0.4, -0.2) is 33.4 Å². The maximum Gasteiger partial charge on any atom is 0.573 e. The molecule has 0 spiro atoms. The molecular weight excluding hydrogens is 419 g/mol. The molecule has 30 heavy (non-hydrogen) atoms. The van der Waals surface area contributed by atoms with Crippen LogP contribution in [0, 0.1) is 0 Å². The molecule has 3 heterocycles. The van der Waals surface area contributed by atoms with Gasteiger partial charge in [-0.2, -0.15) is 0 Å². The highest BCUT2D eigenvalue weighted by Gasteiger charge is 2.36. The van der Waals surface area contributed by atoms with E-state index in [0.717, 1.165) is 17.9 Å². The molecule has 0 amide bonds. The topological polar surface area (TPSA) is 68.6 Å². The smallest absolute Gasteiger partial charge is 0.406 e. The van der Waals surface area contributed by atoms with Gasteiger partial charge < -0.3 is 9.47 Å². The van der Waals surface area contributed by atoms with Crippen LogP contribution >= 0.6 is 11.8 Å². The van der Waals surface area contributed by atoms with E-state index in [1.54, 1.807) is 12.1 Å². The van der Waals surface area contributed by atoms with Crippen LogP contribution in [0.1, 0.15) is 56.0 Å². The molecule has 2 atom stereocenters. The van der Waals surface area contributed by atoms with Crippen LogP contribution in [0.25, 0.3) is 0 Å². The van der Waals surface area contributed by atoms with E-state index in [2.05, 4.69) is 14.8 Å². The normalized spacial score (nSPS) is 23.6. The minimum atomic E-state index is -4.75. The Kier molecular flexibility index (Phi) is 5.26. The highest BCUT2D eigenvalue weighted by Crippen LogP contribution is 2.45. The molecular formula is C20H22F3N3O3S. The van der Waals surface area contributed by atoms with Crippen LogP contribution < -0.4 is 10.3 Å². The van der Waals surface area contributed by atoms with Gasteiger partial charge in [-0.3, -0.25) is 14.6 Å². The zero-order chi connectivity index (χ0) is 21.7. The van der Waals surface area contributed by atoms with Gasteiger partial charge in [0, 0.05) is 6.61 Å². The van der Waals surface area contributed by atoms with Crippen LogP contribution in [0.5, 0.6) is 5.75 Å². The Morgan fingerprint density at radius 2 is 2.00 bits per heavy atom. The number of benzene rings is 1. The Hall–Kier alpha value is -2.20. The quantitative estimate of drug-likeness (QED) is 0.720. The Bertz CT molecular complexity index is 1020. The minimum Gasteiger partial charge on any atom is -0.406 e. The molecule has 162 valence electrons. The number of rotatable bonds is 3. The molecule has 1 fully saturated rings. The van der Waals surface area contributed by atoms with Crippen molar-refractivity contribution < 1.29 is 22.6 Å². The largest absolute Gasteiger partial charge is 0.573 e. The number of fused-ring (bicyclic) bond motifs is 1. The molecule has 0 radical (unpaired) electrons. The predicted molar refractivity (Wildman–Crippen MR) is 109 cm³/mol. The Balaban J connectivity index is 1.69. The summed E-state index contributed by atoms with van der Waals surface area (Å²) in [6.45, 7) is 6.49. The predicted octanol–water partition coefficient (Wildman–Crippen LogP) is 5.09. The second kappa shape index (κ2) is 7.49. The average molecular weight is 441 g/mol. The number of hydrogen-bond acceptors (Lipinski definition) is 5. The van der Waals surface area contributed by atoms with E-state index in [1.807, 2.05) is 25.5 Å². The van der Waals surface area contributed by atoms with Crippen molar-refractivity contribution >= 4 is 22.6 Å². The second-order valence-corrected chi connectivity index (χ2v) is 9.35. The van der Waals surface area contributed by atoms with Crippen LogP contribution in [0.2, 0.25) is 0 Å². The molecule has 2 aliphatic heterocycles. The summed E-state index contributed by atoms with van der Waals surface area (Å²) in [4.78, 5) is 17.5. The van der Waals surface area contributed by atoms with E-state index in [9.17, 15) is 18.0 Å². The van der Waals surface area contributed by atoms with E-state index in [4.69, 9.17) is 4.74 Å².